The summed E-state index contributed by atoms with van der Waals surface area (Å²) in [6.45, 7) is 18.2. The van der Waals surface area contributed by atoms with Crippen molar-refractivity contribution in [3.05, 3.63) is 70.5 Å². The number of carbonyl (C=O) groups is 1. The molecule has 0 N–H and O–H groups in total. The first-order chi connectivity index (χ1) is 14.4. The Morgan fingerprint density at radius 3 is 2.53 bits per heavy atom. The Balaban J connectivity index is 0.000000540. The minimum absolute atomic E-state index is 0.0733. The lowest BCUT2D eigenvalue weighted by atomic mass is 9.98. The number of hydrogen-bond acceptors (Lipinski definition) is 2. The number of allylic oxidation sites excluding steroid dienone is 5. The second-order valence-electron chi connectivity index (χ2n) is 6.93. The van der Waals surface area contributed by atoms with Crippen LogP contribution < -0.4 is 0 Å². The van der Waals surface area contributed by atoms with Gasteiger partial charge in [0.05, 0.1) is 16.2 Å². The average Bonchev–Trinajstić information content (AvgIpc) is 3.15. The molecule has 2 rings (SSSR count). The number of aromatic nitrogens is 2. The van der Waals surface area contributed by atoms with E-state index in [1.165, 1.54) is 24.0 Å². The minimum Gasteiger partial charge on any atom is -0.294 e. The number of pyridine rings is 1. The van der Waals surface area contributed by atoms with Crippen molar-refractivity contribution in [2.24, 2.45) is 5.92 Å². The van der Waals surface area contributed by atoms with E-state index in [0.29, 0.717) is 0 Å². The van der Waals surface area contributed by atoms with E-state index >= 15 is 0 Å². The number of unbranched alkanes of at least 4 members (excludes halogenated alkanes) is 1. The molecule has 0 saturated heterocycles. The molecule has 2 heterocycles. The lowest BCUT2D eigenvalue weighted by Gasteiger charge is -2.07. The van der Waals surface area contributed by atoms with Crippen molar-refractivity contribution in [3.8, 4) is 0 Å². The first-order valence-electron chi connectivity index (χ1n) is 11.0. The van der Waals surface area contributed by atoms with Gasteiger partial charge in [-0.3, -0.25) is 4.79 Å². The highest BCUT2D eigenvalue weighted by atomic mass is 79.9. The predicted octanol–water partition coefficient (Wildman–Crippen LogP) is 8.61. The van der Waals surface area contributed by atoms with Gasteiger partial charge in [-0.2, -0.15) is 5.10 Å². The third-order valence-electron chi connectivity index (χ3n) is 4.79. The van der Waals surface area contributed by atoms with Crippen LogP contribution in [0, 0.1) is 5.92 Å². The molecule has 0 aliphatic carbocycles. The van der Waals surface area contributed by atoms with Gasteiger partial charge in [0, 0.05) is 17.7 Å². The van der Waals surface area contributed by atoms with Crippen molar-refractivity contribution < 1.29 is 4.79 Å². The van der Waals surface area contributed by atoms with E-state index in [1.807, 2.05) is 59.0 Å². The summed E-state index contributed by atoms with van der Waals surface area (Å²) in [7, 11) is 0. The van der Waals surface area contributed by atoms with Crippen molar-refractivity contribution in [1.29, 1.82) is 0 Å². The predicted molar refractivity (Wildman–Crippen MR) is 135 cm³/mol. The third kappa shape index (κ3) is 8.83. The first kappa shape index (κ1) is 28.1. The van der Waals surface area contributed by atoms with Gasteiger partial charge in [-0.15, -0.1) is 0 Å². The van der Waals surface area contributed by atoms with Crippen LogP contribution in [0.3, 0.4) is 0 Å². The molecule has 0 bridgehead atoms. The third-order valence-corrected chi connectivity index (χ3v) is 5.40. The number of halogens is 1. The van der Waals surface area contributed by atoms with Crippen molar-refractivity contribution >= 4 is 27.2 Å². The molecule has 1 unspecified atom stereocenters. The molecule has 0 amide bonds. The monoisotopic (exact) mass is 474 g/mol. The Morgan fingerprint density at radius 2 is 2.00 bits per heavy atom. The average molecular weight is 476 g/mol. The van der Waals surface area contributed by atoms with Crippen molar-refractivity contribution in [1.82, 2.24) is 9.61 Å². The van der Waals surface area contributed by atoms with Gasteiger partial charge < -0.3 is 0 Å². The molecular formula is C26H39BrN2O. The lowest BCUT2D eigenvalue weighted by molar-refractivity contribution is 0.0927. The summed E-state index contributed by atoms with van der Waals surface area (Å²) in [6.07, 6.45) is 14.3. The maximum absolute atomic E-state index is 12.0. The van der Waals surface area contributed by atoms with Gasteiger partial charge in [-0.25, -0.2) is 4.52 Å². The molecule has 0 aromatic carbocycles. The molecule has 1 atom stereocenters. The van der Waals surface area contributed by atoms with Crippen molar-refractivity contribution in [2.45, 2.75) is 74.1 Å². The van der Waals surface area contributed by atoms with Crippen LogP contribution in [0.15, 0.2) is 65.0 Å². The Bertz CT molecular complexity index is 846. The van der Waals surface area contributed by atoms with E-state index in [1.54, 1.807) is 10.7 Å². The quantitative estimate of drug-likeness (QED) is 0.283. The molecule has 2 aromatic heterocycles. The molecule has 0 fully saturated rings. The zero-order valence-corrected chi connectivity index (χ0v) is 21.4. The van der Waals surface area contributed by atoms with Gasteiger partial charge >= 0.3 is 0 Å². The lowest BCUT2D eigenvalue weighted by Crippen LogP contribution is -2.10. The zero-order chi connectivity index (χ0) is 23.1. The highest BCUT2D eigenvalue weighted by Gasteiger charge is 2.14. The fourth-order valence-corrected chi connectivity index (χ4v) is 3.15. The summed E-state index contributed by atoms with van der Waals surface area (Å²) in [6, 6.07) is 3.70. The van der Waals surface area contributed by atoms with Crippen LogP contribution in [0.1, 0.15) is 84.5 Å². The first-order valence-corrected chi connectivity index (χ1v) is 11.8. The van der Waals surface area contributed by atoms with E-state index in [0.717, 1.165) is 28.4 Å². The Hall–Kier alpha value is -1.94. The molecule has 3 nitrogen and oxygen atoms in total. The van der Waals surface area contributed by atoms with Crippen LogP contribution in [-0.2, 0) is 0 Å². The normalized spacial score (nSPS) is 12.4. The van der Waals surface area contributed by atoms with Gasteiger partial charge in [0.2, 0.25) is 0 Å². The highest BCUT2D eigenvalue weighted by Crippen LogP contribution is 2.20. The number of ketones is 1. The van der Waals surface area contributed by atoms with Gasteiger partial charge in [-0.05, 0) is 72.3 Å². The molecule has 0 spiro atoms. The number of nitrogens with zero attached hydrogens (tertiary/aromatic N) is 2. The number of hydrogen-bond donors (Lipinski definition) is 0. The molecule has 30 heavy (non-hydrogen) atoms. The summed E-state index contributed by atoms with van der Waals surface area (Å²) < 4.78 is 2.66. The maximum atomic E-state index is 12.0. The summed E-state index contributed by atoms with van der Waals surface area (Å²) in [5.74, 6) is 0.266. The molecule has 4 heteroatoms. The Labute approximate surface area is 192 Å². The largest absolute Gasteiger partial charge is 0.294 e. The number of Topliss-reactive ketones (excluding diaryl/α,β-unsaturated/α-hetero) is 1. The maximum Gasteiger partial charge on any atom is 0.165 e. The number of rotatable bonds is 8. The second kappa shape index (κ2) is 15.8. The smallest absolute Gasteiger partial charge is 0.165 e. The topological polar surface area (TPSA) is 34.4 Å². The Morgan fingerprint density at radius 1 is 1.33 bits per heavy atom. The summed E-state index contributed by atoms with van der Waals surface area (Å²) in [5, 5.41) is 4.14. The zero-order valence-electron chi connectivity index (χ0n) is 19.8. The second-order valence-corrected chi connectivity index (χ2v) is 7.78. The molecule has 0 aliphatic rings. The molecule has 2 aromatic rings. The molecule has 0 saturated carbocycles. The molecule has 0 radical (unpaired) electrons. The van der Waals surface area contributed by atoms with E-state index in [4.69, 9.17) is 0 Å². The van der Waals surface area contributed by atoms with E-state index in [9.17, 15) is 4.79 Å². The van der Waals surface area contributed by atoms with Gasteiger partial charge in [-0.1, -0.05) is 65.8 Å². The minimum atomic E-state index is 0.0733. The fourth-order valence-electron chi connectivity index (χ4n) is 2.76. The summed E-state index contributed by atoms with van der Waals surface area (Å²) >= 11 is 3.41. The molecule has 166 valence electrons. The van der Waals surface area contributed by atoms with Gasteiger partial charge in [0.25, 0.3) is 0 Å². The van der Waals surface area contributed by atoms with Crippen LogP contribution in [0.5, 0.6) is 0 Å². The number of carbonyl (C=O) groups excluding carboxylic acids is 1. The van der Waals surface area contributed by atoms with Crippen LogP contribution in [0.2, 0.25) is 0 Å². The van der Waals surface area contributed by atoms with Crippen LogP contribution >= 0.6 is 15.9 Å². The van der Waals surface area contributed by atoms with Gasteiger partial charge in [0.1, 0.15) is 0 Å². The number of fused-ring (bicyclic) bond motifs is 1. The fraction of sp³-hybridized carbons (Fsp3) is 0.462. The standard InChI is InChI=1S/C12H13BrN2O.C12H20.C2H6/c1-3-8(2)12(16)9-4-5-15-11(6-9)10(13)7-14-15;1-5-8-10-12(7-3)11(4)9-6-2;1-2/h4-8H,3H2,1-2H3;6-7,9H,3,5,8,10H2,1-2,4H3;1-2H3/b;9-6-,12-11+;. The van der Waals surface area contributed by atoms with E-state index in [-0.39, 0.29) is 11.7 Å². The molecule has 0 aliphatic heterocycles. The van der Waals surface area contributed by atoms with Crippen LogP contribution in [-0.4, -0.2) is 15.4 Å². The van der Waals surface area contributed by atoms with Gasteiger partial charge in [0.15, 0.2) is 5.78 Å². The molecular weight excluding hydrogens is 436 g/mol. The van der Waals surface area contributed by atoms with E-state index < -0.39 is 0 Å². The van der Waals surface area contributed by atoms with Crippen LogP contribution in [0.4, 0.5) is 0 Å². The van der Waals surface area contributed by atoms with Crippen molar-refractivity contribution in [2.75, 3.05) is 0 Å². The Kier molecular flexibility index (Phi) is 14.8. The summed E-state index contributed by atoms with van der Waals surface area (Å²) in [5.41, 5.74) is 4.41. The van der Waals surface area contributed by atoms with Crippen LogP contribution in [0.25, 0.3) is 5.52 Å². The highest BCUT2D eigenvalue weighted by molar-refractivity contribution is 9.10. The van der Waals surface area contributed by atoms with Crippen molar-refractivity contribution in [3.63, 3.8) is 0 Å². The summed E-state index contributed by atoms with van der Waals surface area (Å²) in [4.78, 5) is 12.0. The van der Waals surface area contributed by atoms with E-state index in [2.05, 4.69) is 53.6 Å². The SMILES string of the molecule is C=C/C(CCCC)=C(C)\C=C/C.CC.CCC(C)C(=O)c1ccn2ncc(Br)c2c1.